The van der Waals surface area contributed by atoms with E-state index < -0.39 is 0 Å². The maximum Gasteiger partial charge on any atom is 0.0966 e. The quantitative estimate of drug-likeness (QED) is 0.773. The first-order valence-electron chi connectivity index (χ1n) is 5.80. The maximum absolute atomic E-state index is 4.60. The van der Waals surface area contributed by atoms with Crippen LogP contribution in [0.5, 0.6) is 0 Å². The molecule has 1 aromatic rings. The van der Waals surface area contributed by atoms with Gasteiger partial charge >= 0.3 is 0 Å². The van der Waals surface area contributed by atoms with Crippen LogP contribution in [-0.2, 0) is 11.5 Å². The molecule has 0 N–H and O–H groups in total. The molecule has 0 fully saturated rings. The van der Waals surface area contributed by atoms with Crippen LogP contribution in [0.2, 0.25) is 0 Å². The van der Waals surface area contributed by atoms with Crippen molar-refractivity contribution in [3.8, 4) is 0 Å². The first-order chi connectivity index (χ1) is 7.66. The zero-order chi connectivity index (χ0) is 11.5. The second-order valence-corrected chi connectivity index (χ2v) is 7.00. The van der Waals surface area contributed by atoms with Crippen LogP contribution in [0.15, 0.2) is 0 Å². The fourth-order valence-corrected chi connectivity index (χ4v) is 3.75. The summed E-state index contributed by atoms with van der Waals surface area (Å²) in [7, 11) is 0. The highest BCUT2D eigenvalue weighted by Crippen LogP contribution is 2.27. The second kappa shape index (κ2) is 5.45. The molecule has 1 atom stereocenters. The summed E-state index contributed by atoms with van der Waals surface area (Å²) in [6, 6.07) is 0.364. The molecular weight excluding hydrogens is 238 g/mol. The fraction of sp³-hybridized carbons (Fsp3) is 0.818. The Hall–Kier alpha value is -0.160. The molecule has 0 saturated carbocycles. The van der Waals surface area contributed by atoms with Crippen molar-refractivity contribution in [2.45, 2.75) is 50.0 Å². The molecular formula is C11H19N3S2. The van der Waals surface area contributed by atoms with E-state index in [9.17, 15) is 0 Å². The van der Waals surface area contributed by atoms with E-state index in [0.717, 1.165) is 16.8 Å². The third-order valence-electron chi connectivity index (χ3n) is 2.65. The number of fused-ring (bicyclic) bond motifs is 1. The average molecular weight is 257 g/mol. The van der Waals surface area contributed by atoms with Crippen LogP contribution in [0.3, 0.4) is 0 Å². The lowest BCUT2D eigenvalue weighted by Gasteiger charge is -2.07. The molecule has 2 heterocycles. The monoisotopic (exact) mass is 257 g/mol. The molecule has 1 aromatic heterocycles. The molecule has 0 amide bonds. The van der Waals surface area contributed by atoms with E-state index in [0.29, 0.717) is 6.04 Å². The van der Waals surface area contributed by atoms with Crippen molar-refractivity contribution in [3.05, 3.63) is 11.4 Å². The van der Waals surface area contributed by atoms with Crippen LogP contribution >= 0.6 is 23.5 Å². The standard InChI is InChI=1S/C11H19N3S2/c1-8(2)14-12-10-6-15-5-4-9(3)16-7-11(10)13-14/h8-9H,4-7H2,1-3H3. The Bertz CT molecular complexity index is 349. The van der Waals surface area contributed by atoms with Gasteiger partial charge in [0, 0.05) is 16.8 Å². The lowest BCUT2D eigenvalue weighted by Crippen LogP contribution is -2.05. The van der Waals surface area contributed by atoms with E-state index in [1.54, 1.807) is 0 Å². The Morgan fingerprint density at radius 1 is 1.25 bits per heavy atom. The molecule has 0 aliphatic carbocycles. The molecule has 0 bridgehead atoms. The number of hydrogen-bond acceptors (Lipinski definition) is 4. The van der Waals surface area contributed by atoms with Crippen molar-refractivity contribution < 1.29 is 0 Å². The molecule has 0 aromatic carbocycles. The van der Waals surface area contributed by atoms with Gasteiger partial charge in [-0.1, -0.05) is 6.92 Å². The topological polar surface area (TPSA) is 30.7 Å². The summed E-state index contributed by atoms with van der Waals surface area (Å²) < 4.78 is 0. The molecule has 90 valence electrons. The van der Waals surface area contributed by atoms with Crippen LogP contribution in [0.1, 0.15) is 44.6 Å². The second-order valence-electron chi connectivity index (χ2n) is 4.47. The van der Waals surface area contributed by atoms with E-state index in [2.05, 4.69) is 31.0 Å². The Morgan fingerprint density at radius 3 is 2.62 bits per heavy atom. The number of aromatic nitrogens is 3. The van der Waals surface area contributed by atoms with Crippen LogP contribution in [0, 0.1) is 0 Å². The first kappa shape index (κ1) is 12.3. The van der Waals surface area contributed by atoms with Crippen molar-refractivity contribution in [2.75, 3.05) is 5.75 Å². The largest absolute Gasteiger partial charge is 0.182 e. The normalized spacial score (nSPS) is 22.4. The molecule has 3 nitrogen and oxygen atoms in total. The summed E-state index contributed by atoms with van der Waals surface area (Å²) in [6.45, 7) is 6.56. The highest BCUT2D eigenvalue weighted by Gasteiger charge is 2.16. The van der Waals surface area contributed by atoms with Crippen LogP contribution < -0.4 is 0 Å². The SMILES string of the molecule is CC1CCSCc2nn(C(C)C)nc2CS1. The van der Waals surface area contributed by atoms with Crippen molar-refractivity contribution in [1.29, 1.82) is 0 Å². The smallest absolute Gasteiger partial charge is 0.0966 e. The van der Waals surface area contributed by atoms with Crippen molar-refractivity contribution >= 4 is 23.5 Å². The fourth-order valence-electron chi connectivity index (χ4n) is 1.56. The Kier molecular flexibility index (Phi) is 4.19. The Balaban J connectivity index is 2.18. The molecule has 1 aliphatic heterocycles. The van der Waals surface area contributed by atoms with Gasteiger partial charge in [-0.2, -0.15) is 38.5 Å². The van der Waals surface area contributed by atoms with Gasteiger partial charge < -0.3 is 0 Å². The zero-order valence-corrected chi connectivity index (χ0v) is 11.8. The highest BCUT2D eigenvalue weighted by molar-refractivity contribution is 7.99. The van der Waals surface area contributed by atoms with Crippen LogP contribution in [0.25, 0.3) is 0 Å². The number of nitrogens with zero attached hydrogens (tertiary/aromatic N) is 3. The van der Waals surface area contributed by atoms with Crippen LogP contribution in [0.4, 0.5) is 0 Å². The van der Waals surface area contributed by atoms with Gasteiger partial charge in [-0.25, -0.2) is 0 Å². The molecule has 1 unspecified atom stereocenters. The molecule has 16 heavy (non-hydrogen) atoms. The van der Waals surface area contributed by atoms with Gasteiger partial charge in [-0.05, 0) is 26.0 Å². The minimum absolute atomic E-state index is 0.364. The molecule has 2 rings (SSSR count). The van der Waals surface area contributed by atoms with E-state index in [4.69, 9.17) is 0 Å². The van der Waals surface area contributed by atoms with Gasteiger partial charge in [-0.3, -0.25) is 0 Å². The van der Waals surface area contributed by atoms with Crippen molar-refractivity contribution in [3.63, 3.8) is 0 Å². The van der Waals surface area contributed by atoms with Crippen LogP contribution in [-0.4, -0.2) is 26.0 Å². The summed E-state index contributed by atoms with van der Waals surface area (Å²) in [5.41, 5.74) is 2.39. The molecule has 0 spiro atoms. The third-order valence-corrected chi connectivity index (χ3v) is 4.90. The maximum atomic E-state index is 4.60. The summed E-state index contributed by atoms with van der Waals surface area (Å²) in [5.74, 6) is 3.28. The summed E-state index contributed by atoms with van der Waals surface area (Å²) in [5, 5.41) is 9.93. The van der Waals surface area contributed by atoms with Gasteiger partial charge in [0.15, 0.2) is 0 Å². The number of rotatable bonds is 1. The number of thioether (sulfide) groups is 2. The summed E-state index contributed by atoms with van der Waals surface area (Å²) in [6.07, 6.45) is 1.30. The first-order valence-corrected chi connectivity index (χ1v) is 8.01. The van der Waals surface area contributed by atoms with E-state index in [1.807, 2.05) is 28.3 Å². The Morgan fingerprint density at radius 2 is 1.94 bits per heavy atom. The zero-order valence-electron chi connectivity index (χ0n) is 10.1. The third kappa shape index (κ3) is 2.94. The predicted octanol–water partition coefficient (Wildman–Crippen LogP) is 3.12. The van der Waals surface area contributed by atoms with Gasteiger partial charge in [0.2, 0.25) is 0 Å². The van der Waals surface area contributed by atoms with Crippen molar-refractivity contribution in [2.24, 2.45) is 0 Å². The predicted molar refractivity (Wildman–Crippen MR) is 71.9 cm³/mol. The van der Waals surface area contributed by atoms with Crippen molar-refractivity contribution in [1.82, 2.24) is 15.0 Å². The van der Waals surface area contributed by atoms with E-state index in [1.165, 1.54) is 23.6 Å². The molecule has 0 saturated heterocycles. The van der Waals surface area contributed by atoms with Gasteiger partial charge in [0.25, 0.3) is 0 Å². The van der Waals surface area contributed by atoms with Gasteiger partial charge in [-0.15, -0.1) is 0 Å². The van der Waals surface area contributed by atoms with Gasteiger partial charge in [0.05, 0.1) is 17.4 Å². The molecule has 5 heteroatoms. The Labute approximate surface area is 106 Å². The minimum atomic E-state index is 0.364. The molecule has 1 aliphatic rings. The molecule has 0 radical (unpaired) electrons. The lowest BCUT2D eigenvalue weighted by atomic mass is 10.4. The van der Waals surface area contributed by atoms with Gasteiger partial charge in [0.1, 0.15) is 0 Å². The summed E-state index contributed by atoms with van der Waals surface area (Å²) in [4.78, 5) is 1.86. The van der Waals surface area contributed by atoms with E-state index in [-0.39, 0.29) is 0 Å². The van der Waals surface area contributed by atoms with E-state index >= 15 is 0 Å². The lowest BCUT2D eigenvalue weighted by molar-refractivity contribution is 0.462. The average Bonchev–Trinajstić information content (AvgIpc) is 2.65. The minimum Gasteiger partial charge on any atom is -0.182 e. The number of hydrogen-bond donors (Lipinski definition) is 0. The summed E-state index contributed by atoms with van der Waals surface area (Å²) >= 11 is 3.99. The highest BCUT2D eigenvalue weighted by atomic mass is 32.2.